The lowest BCUT2D eigenvalue weighted by atomic mass is 9.47. The van der Waals surface area contributed by atoms with Crippen LogP contribution in [-0.4, -0.2) is 112 Å². The summed E-state index contributed by atoms with van der Waals surface area (Å²) in [5.74, 6) is 2.51. The molecule has 3 heterocycles. The minimum Gasteiger partial charge on any atom is -0.508 e. The molecule has 12 saturated carbocycles. The number of methoxy groups -OCH3 is 3. The van der Waals surface area contributed by atoms with Crippen molar-refractivity contribution in [3.63, 3.8) is 0 Å². The SMILES string of the molecule is CC.CC.CC.O=C1C2CC3CC(C2)CC1C3.[2H]C([2H])([2H])OC(=O)c1ccc(Cl)c(O)c1.[2H]C([2H])([2H])OC1(c2cccc(O)c2)OOC12C1CC3CC(C1)CC2C3.[2H]C([2H])([2H])OC1(c2cccc(O[C@@H]3OC(CO)[C@@H](O)[C@H](O)C3O)c2)OOC12C1CC3CC(C1)CC2C3. The van der Waals surface area contributed by atoms with E-state index in [-0.39, 0.29) is 51.5 Å². The van der Waals surface area contributed by atoms with Crippen molar-refractivity contribution in [2.24, 2.45) is 71.0 Å². The first kappa shape index (κ1) is 53.1. The normalized spacial score (nSPS) is 43.2. The number of ether oxygens (including phenoxy) is 5. The molecule has 3 aromatic carbocycles. The van der Waals surface area contributed by atoms with E-state index in [1.165, 1.54) is 63.1 Å². The lowest BCUT2D eigenvalue weighted by Gasteiger charge is -2.68. The summed E-state index contributed by atoms with van der Waals surface area (Å²) in [5, 5.41) is 59.1. The van der Waals surface area contributed by atoms with E-state index in [1.54, 1.807) is 42.5 Å². The number of Topliss-reactive ketones (excluding diaryl/α,β-unsaturated/α-hetero) is 1. The van der Waals surface area contributed by atoms with Gasteiger partial charge in [0, 0.05) is 37.0 Å². The Balaban J connectivity index is 0.000000154. The fraction of sp³-hybridized carbons (Fsp3) is 0.697. The van der Waals surface area contributed by atoms with Crippen LogP contribution in [0.2, 0.25) is 5.02 Å². The van der Waals surface area contributed by atoms with Crippen LogP contribution in [0.4, 0.5) is 0 Å². The van der Waals surface area contributed by atoms with Crippen LogP contribution in [0, 0.1) is 71.0 Å². The molecular weight excluding hydrogens is 1100 g/mol. The Kier molecular flexibility index (Phi) is 16.9. The van der Waals surface area contributed by atoms with Crippen molar-refractivity contribution in [1.82, 2.24) is 0 Å². The van der Waals surface area contributed by atoms with Gasteiger partial charge in [-0.2, -0.15) is 9.78 Å². The van der Waals surface area contributed by atoms with Crippen LogP contribution in [0.15, 0.2) is 66.7 Å². The summed E-state index contributed by atoms with van der Waals surface area (Å²) in [7, 11) is -8.19. The molecule has 3 aromatic rings. The Morgan fingerprint density at radius 3 is 1.46 bits per heavy atom. The number of phenolic OH excluding ortho intramolecular Hbond substituents is 2. The van der Waals surface area contributed by atoms with E-state index in [9.17, 15) is 35.1 Å². The number of halogens is 1. The Morgan fingerprint density at radius 1 is 0.583 bits per heavy atom. The summed E-state index contributed by atoms with van der Waals surface area (Å²) in [6.45, 7) is 11.4. The van der Waals surface area contributed by atoms with Crippen LogP contribution < -0.4 is 4.74 Å². The molecule has 0 aromatic heterocycles. The highest BCUT2D eigenvalue weighted by Crippen LogP contribution is 2.71. The predicted molar refractivity (Wildman–Crippen MR) is 311 cm³/mol. The van der Waals surface area contributed by atoms with Crippen LogP contribution in [0.1, 0.15) is 172 Å². The molecule has 3 saturated heterocycles. The second-order valence-electron chi connectivity index (χ2n) is 24.6. The van der Waals surface area contributed by atoms with Gasteiger partial charge in [-0.3, -0.25) is 4.79 Å². The Morgan fingerprint density at radius 2 is 1.05 bits per heavy atom. The molecule has 18 rings (SSSR count). The zero-order valence-electron chi connectivity index (χ0n) is 58.0. The second kappa shape index (κ2) is 26.8. The standard InChI is InChI=1S/C24H32O9.C18H22O4.C10H14O.C8H7ClO3.3C2H6/c1-29-24(23(32-33-24)15-6-12-5-13(8-15)9-16(23)7-12)14-3-2-4-17(10-14)30-22-21(28)20(27)19(26)18(11-25)31-22;1-20-18(13-3-2-4-16(19)10-13)17(21-22-18)14-6-11-5-12(8-14)9-15(17)7-11;11-10-8-2-6-1-7(4-8)5-9(10)3-6;1-12-8(11)5-2-3-6(9)7(10)4-5;3*1-2/h2-4,10,12-13,15-16,18-22,25-28H,5-9,11H2,1H3;2-4,10-12,14-15,19H,5-9H2,1H3;6-9H,1-5H2;2-4,10H,1H3;3*1-2H3/t12?,13?,15?,16?,18?,19-,20+,21?,22-,23?,24?;;;;;;/m1....../s1/i2*1D3;;1D3;;;. The Bertz CT molecular complexity index is 2950. The van der Waals surface area contributed by atoms with Crippen molar-refractivity contribution in [2.75, 3.05) is 27.7 Å². The zero-order chi connectivity index (χ0) is 68.0. The van der Waals surface area contributed by atoms with Crippen LogP contribution in [0.25, 0.3) is 0 Å². The summed E-state index contributed by atoms with van der Waals surface area (Å²) in [4.78, 5) is 45.6. The number of benzene rings is 3. The topological polar surface area (TPSA) is 239 Å². The summed E-state index contributed by atoms with van der Waals surface area (Å²) in [6, 6.07) is 16.6. The highest BCUT2D eigenvalue weighted by Gasteiger charge is 2.78. The smallest absolute Gasteiger partial charge is 0.337 e. The van der Waals surface area contributed by atoms with Crippen LogP contribution >= 0.6 is 11.6 Å². The fourth-order valence-electron chi connectivity index (χ4n) is 17.5. The maximum Gasteiger partial charge on any atom is 0.337 e. The third-order valence-corrected chi connectivity index (χ3v) is 20.7. The number of hydrogen-bond donors (Lipinski definition) is 6. The second-order valence-corrected chi connectivity index (χ2v) is 25.0. The highest BCUT2D eigenvalue weighted by molar-refractivity contribution is 6.32. The summed E-state index contributed by atoms with van der Waals surface area (Å²) >= 11 is 5.51. The summed E-state index contributed by atoms with van der Waals surface area (Å²) in [5.41, 5.74) is -0.867. The average Bonchev–Trinajstić information content (AvgIpc) is 0.677. The maximum absolute atomic E-state index is 11.6. The van der Waals surface area contributed by atoms with Crippen molar-refractivity contribution in [3.8, 4) is 17.2 Å². The molecule has 7 atom stereocenters. The van der Waals surface area contributed by atoms with E-state index < -0.39 is 87.2 Å². The molecule has 0 amide bonds. The lowest BCUT2D eigenvalue weighted by Crippen LogP contribution is -2.76. The first-order valence-corrected chi connectivity index (χ1v) is 31.2. The van der Waals surface area contributed by atoms with Gasteiger partial charge in [-0.05, 0) is 198 Å². The van der Waals surface area contributed by atoms with Crippen molar-refractivity contribution < 1.29 is 95.8 Å². The van der Waals surface area contributed by atoms with E-state index in [0.717, 1.165) is 69.3 Å². The van der Waals surface area contributed by atoms with E-state index in [2.05, 4.69) is 4.74 Å². The van der Waals surface area contributed by atoms with E-state index >= 15 is 0 Å². The van der Waals surface area contributed by atoms with Crippen molar-refractivity contribution in [1.29, 1.82) is 0 Å². The molecular formula is C66H93ClO17. The fourth-order valence-corrected chi connectivity index (χ4v) is 17.7. The van der Waals surface area contributed by atoms with E-state index in [4.69, 9.17) is 67.5 Å². The van der Waals surface area contributed by atoms with Crippen LogP contribution in [-0.2, 0) is 54.9 Å². The quantitative estimate of drug-likeness (QED) is 0.0908. The number of carbonyl (C=O) groups is 2. The molecule has 15 aliphatic rings. The van der Waals surface area contributed by atoms with Gasteiger partial charge >= 0.3 is 5.97 Å². The first-order valence-electron chi connectivity index (χ1n) is 35.3. The average molecular weight is 1200 g/mol. The number of phenols is 2. The van der Waals surface area contributed by atoms with Gasteiger partial charge < -0.3 is 54.3 Å². The summed E-state index contributed by atoms with van der Waals surface area (Å²) in [6.07, 6.45) is 9.56. The molecule has 0 radical (unpaired) electrons. The predicted octanol–water partition coefficient (Wildman–Crippen LogP) is 11.1. The van der Waals surface area contributed by atoms with Gasteiger partial charge in [-0.25, -0.2) is 14.6 Å². The van der Waals surface area contributed by atoms with Crippen molar-refractivity contribution in [3.05, 3.63) is 88.4 Å². The molecule has 18 heteroatoms. The maximum atomic E-state index is 11.6. The third kappa shape index (κ3) is 11.2. The van der Waals surface area contributed by atoms with Crippen molar-refractivity contribution >= 4 is 23.4 Å². The molecule has 17 nitrogen and oxygen atoms in total. The molecule has 2 spiro atoms. The monoisotopic (exact) mass is 1200 g/mol. The number of hydrogen-bond acceptors (Lipinski definition) is 17. The number of rotatable bonds is 8. The molecule has 15 fully saturated rings. The Hall–Kier alpha value is -3.95. The minimum absolute atomic E-state index is 0.0560. The number of aliphatic hydroxyl groups is 4. The molecule has 3 aliphatic heterocycles. The number of ketones is 1. The molecule has 84 heavy (non-hydrogen) atoms. The van der Waals surface area contributed by atoms with Gasteiger partial charge in [-0.1, -0.05) is 77.4 Å². The molecule has 4 unspecified atom stereocenters. The van der Waals surface area contributed by atoms with Gasteiger partial charge in [0.05, 0.1) is 36.6 Å². The highest BCUT2D eigenvalue weighted by atomic mass is 35.5. The van der Waals surface area contributed by atoms with Gasteiger partial charge in [0.1, 0.15) is 47.4 Å². The lowest BCUT2D eigenvalue weighted by molar-refractivity contribution is -0.645. The first-order chi connectivity index (χ1) is 44.0. The summed E-state index contributed by atoms with van der Waals surface area (Å²) < 4.78 is 93.7. The Labute approximate surface area is 513 Å². The molecule has 6 N–H and O–H groups in total. The molecule has 12 aliphatic carbocycles. The van der Waals surface area contributed by atoms with Crippen LogP contribution in [0.5, 0.6) is 17.2 Å². The van der Waals surface area contributed by atoms with E-state index in [1.807, 2.05) is 41.5 Å². The van der Waals surface area contributed by atoms with Gasteiger partial charge in [0.25, 0.3) is 11.6 Å². The van der Waals surface area contributed by atoms with Crippen molar-refractivity contribution in [2.45, 2.75) is 191 Å². The van der Waals surface area contributed by atoms with Gasteiger partial charge in [-0.15, -0.1) is 0 Å². The molecule has 466 valence electrons. The number of aromatic hydroxyl groups is 2. The van der Waals surface area contributed by atoms with Gasteiger partial charge in [0.2, 0.25) is 6.29 Å². The van der Waals surface area contributed by atoms with Gasteiger partial charge in [0.15, 0.2) is 11.2 Å². The minimum atomic E-state index is -2.80. The van der Waals surface area contributed by atoms with E-state index in [0.29, 0.717) is 52.4 Å². The number of esters is 1. The third-order valence-electron chi connectivity index (χ3n) is 20.4. The zero-order valence-corrected chi connectivity index (χ0v) is 49.8. The number of carbonyl (C=O) groups excluding carboxylic acids is 2. The molecule has 12 bridgehead atoms. The van der Waals surface area contributed by atoms with Crippen LogP contribution in [0.3, 0.4) is 0 Å². The largest absolute Gasteiger partial charge is 0.508 e. The number of aliphatic hydroxyl groups excluding tert-OH is 4.